The molecule has 0 radical (unpaired) electrons. The second-order valence-corrected chi connectivity index (χ2v) is 6.43. The summed E-state index contributed by atoms with van der Waals surface area (Å²) in [5, 5.41) is 2.93. The highest BCUT2D eigenvalue weighted by Crippen LogP contribution is 2.32. The maximum atomic E-state index is 13.4. The summed E-state index contributed by atoms with van der Waals surface area (Å²) in [6, 6.07) is 8.16. The van der Waals surface area contributed by atoms with E-state index in [0.717, 1.165) is 12.1 Å². The second-order valence-electron chi connectivity index (χ2n) is 5.08. The van der Waals surface area contributed by atoms with Gasteiger partial charge in [0.2, 0.25) is 0 Å². The molecule has 2 unspecified atom stereocenters. The summed E-state index contributed by atoms with van der Waals surface area (Å²) in [6.07, 6.45) is -2.97. The Morgan fingerprint density at radius 2 is 1.83 bits per heavy atom. The van der Waals surface area contributed by atoms with E-state index in [1.807, 2.05) is 0 Å². The molecule has 7 heteroatoms. The van der Waals surface area contributed by atoms with Gasteiger partial charge in [-0.1, -0.05) is 12.1 Å². The van der Waals surface area contributed by atoms with Gasteiger partial charge in [0.15, 0.2) is 0 Å². The molecule has 2 aromatic carbocycles. The van der Waals surface area contributed by atoms with Gasteiger partial charge in [-0.3, -0.25) is 4.21 Å². The van der Waals surface area contributed by atoms with E-state index < -0.39 is 34.4 Å². The van der Waals surface area contributed by atoms with Crippen LogP contribution in [0.1, 0.15) is 24.1 Å². The predicted octanol–water partition coefficient (Wildman–Crippen LogP) is 4.76. The number of rotatable bonds is 4. The monoisotopic (exact) mass is 345 g/mol. The SMILES string of the molecule is CC(Nc1cc(F)ccc1S(C)=O)c1cccc(C(F)(F)F)c1. The van der Waals surface area contributed by atoms with Gasteiger partial charge in [0.25, 0.3) is 0 Å². The molecule has 0 aromatic heterocycles. The van der Waals surface area contributed by atoms with E-state index in [4.69, 9.17) is 0 Å². The van der Waals surface area contributed by atoms with Crippen molar-refractivity contribution in [1.82, 2.24) is 0 Å². The lowest BCUT2D eigenvalue weighted by Crippen LogP contribution is -2.11. The van der Waals surface area contributed by atoms with Crippen LogP contribution in [0.2, 0.25) is 0 Å². The summed E-state index contributed by atoms with van der Waals surface area (Å²) in [5.74, 6) is -0.516. The van der Waals surface area contributed by atoms with Crippen molar-refractivity contribution in [2.75, 3.05) is 11.6 Å². The Hall–Kier alpha value is -1.89. The lowest BCUT2D eigenvalue weighted by atomic mass is 10.0. The summed E-state index contributed by atoms with van der Waals surface area (Å²) >= 11 is 0. The molecule has 0 fully saturated rings. The van der Waals surface area contributed by atoms with Crippen LogP contribution in [0.3, 0.4) is 0 Å². The molecule has 0 aliphatic heterocycles. The third-order valence-electron chi connectivity index (χ3n) is 3.34. The molecule has 0 heterocycles. The van der Waals surface area contributed by atoms with Crippen LogP contribution in [0.15, 0.2) is 47.4 Å². The normalized spacial score (nSPS) is 14.3. The van der Waals surface area contributed by atoms with Gasteiger partial charge in [-0.2, -0.15) is 13.2 Å². The third kappa shape index (κ3) is 4.31. The van der Waals surface area contributed by atoms with Crippen molar-refractivity contribution in [3.8, 4) is 0 Å². The van der Waals surface area contributed by atoms with Gasteiger partial charge in [0, 0.05) is 12.3 Å². The molecule has 0 amide bonds. The van der Waals surface area contributed by atoms with E-state index in [-0.39, 0.29) is 0 Å². The quantitative estimate of drug-likeness (QED) is 0.810. The maximum Gasteiger partial charge on any atom is 0.416 e. The van der Waals surface area contributed by atoms with E-state index in [1.165, 1.54) is 30.5 Å². The lowest BCUT2D eigenvalue weighted by molar-refractivity contribution is -0.137. The average molecular weight is 345 g/mol. The number of benzene rings is 2. The zero-order valence-corrected chi connectivity index (χ0v) is 13.3. The Morgan fingerprint density at radius 3 is 2.43 bits per heavy atom. The van der Waals surface area contributed by atoms with Crippen molar-refractivity contribution in [1.29, 1.82) is 0 Å². The van der Waals surface area contributed by atoms with Gasteiger partial charge in [-0.05, 0) is 42.8 Å². The van der Waals surface area contributed by atoms with Gasteiger partial charge >= 0.3 is 6.18 Å². The van der Waals surface area contributed by atoms with E-state index in [2.05, 4.69) is 5.32 Å². The van der Waals surface area contributed by atoms with E-state index in [1.54, 1.807) is 13.0 Å². The Kier molecular flexibility index (Phi) is 5.09. The van der Waals surface area contributed by atoms with Crippen LogP contribution in [0, 0.1) is 5.82 Å². The van der Waals surface area contributed by atoms with Crippen LogP contribution in [-0.2, 0) is 17.0 Å². The fourth-order valence-corrected chi connectivity index (χ4v) is 2.85. The first-order valence-corrected chi connectivity index (χ1v) is 8.31. The Balaban J connectivity index is 2.31. The minimum atomic E-state index is -4.43. The lowest BCUT2D eigenvalue weighted by Gasteiger charge is -2.19. The molecular weight excluding hydrogens is 330 g/mol. The molecule has 2 atom stereocenters. The van der Waals surface area contributed by atoms with Gasteiger partial charge in [0.1, 0.15) is 5.82 Å². The zero-order chi connectivity index (χ0) is 17.2. The molecule has 124 valence electrons. The van der Waals surface area contributed by atoms with Crippen molar-refractivity contribution >= 4 is 16.5 Å². The third-order valence-corrected chi connectivity index (χ3v) is 4.31. The summed E-state index contributed by atoms with van der Waals surface area (Å²) < 4.78 is 63.4. The highest BCUT2D eigenvalue weighted by Gasteiger charge is 2.30. The van der Waals surface area contributed by atoms with Crippen LogP contribution < -0.4 is 5.32 Å². The smallest absolute Gasteiger partial charge is 0.377 e. The number of hydrogen-bond donors (Lipinski definition) is 1. The Morgan fingerprint density at radius 1 is 1.13 bits per heavy atom. The van der Waals surface area contributed by atoms with Gasteiger partial charge < -0.3 is 5.32 Å². The molecular formula is C16H15F4NOS. The molecule has 0 bridgehead atoms. The summed E-state index contributed by atoms with van der Waals surface area (Å²) in [4.78, 5) is 0.394. The van der Waals surface area contributed by atoms with Crippen molar-refractivity contribution in [3.63, 3.8) is 0 Å². The molecule has 1 N–H and O–H groups in total. The molecule has 2 nitrogen and oxygen atoms in total. The van der Waals surface area contributed by atoms with Crippen LogP contribution in [0.25, 0.3) is 0 Å². The maximum absolute atomic E-state index is 13.4. The first kappa shape index (κ1) is 17.5. The van der Waals surface area contributed by atoms with Crippen LogP contribution >= 0.6 is 0 Å². The molecule has 0 saturated carbocycles. The fourth-order valence-electron chi connectivity index (χ4n) is 2.17. The first-order valence-electron chi connectivity index (χ1n) is 6.75. The van der Waals surface area contributed by atoms with Crippen LogP contribution in [-0.4, -0.2) is 10.5 Å². The Bertz CT molecular complexity index is 730. The molecule has 23 heavy (non-hydrogen) atoms. The topological polar surface area (TPSA) is 29.1 Å². The average Bonchev–Trinajstić information content (AvgIpc) is 2.46. The minimum Gasteiger partial charge on any atom is -0.377 e. The second kappa shape index (κ2) is 6.70. The van der Waals surface area contributed by atoms with Crippen LogP contribution in [0.5, 0.6) is 0 Å². The molecule has 0 aliphatic carbocycles. The van der Waals surface area contributed by atoms with Crippen LogP contribution in [0.4, 0.5) is 23.2 Å². The Labute approximate surface area is 134 Å². The first-order chi connectivity index (χ1) is 10.7. The molecule has 2 rings (SSSR count). The largest absolute Gasteiger partial charge is 0.416 e. The number of hydrogen-bond acceptors (Lipinski definition) is 2. The summed E-state index contributed by atoms with van der Waals surface area (Å²) in [6.45, 7) is 1.66. The minimum absolute atomic E-state index is 0.302. The standard InChI is InChI=1S/C16H15F4NOS/c1-10(11-4-3-5-12(8-11)16(18,19)20)21-14-9-13(17)6-7-15(14)23(2)22/h3-10,21H,1-2H3. The highest BCUT2D eigenvalue weighted by molar-refractivity contribution is 7.84. The van der Waals surface area contributed by atoms with E-state index >= 15 is 0 Å². The van der Waals surface area contributed by atoms with E-state index in [9.17, 15) is 21.8 Å². The summed E-state index contributed by atoms with van der Waals surface area (Å²) in [7, 11) is -1.35. The van der Waals surface area contributed by atoms with Crippen molar-refractivity contribution in [2.45, 2.75) is 24.0 Å². The predicted molar refractivity (Wildman–Crippen MR) is 82.2 cm³/mol. The molecule has 0 spiro atoms. The van der Waals surface area contributed by atoms with Crippen molar-refractivity contribution < 1.29 is 21.8 Å². The molecule has 2 aromatic rings. The number of nitrogens with one attached hydrogen (secondary N) is 1. The number of alkyl halides is 3. The molecule has 0 saturated heterocycles. The molecule has 0 aliphatic rings. The van der Waals surface area contributed by atoms with Gasteiger partial charge in [0.05, 0.1) is 26.9 Å². The van der Waals surface area contributed by atoms with Crippen molar-refractivity contribution in [2.24, 2.45) is 0 Å². The number of anilines is 1. The number of halogens is 4. The summed E-state index contributed by atoms with van der Waals surface area (Å²) in [5.41, 5.74) is -0.0464. The fraction of sp³-hybridized carbons (Fsp3) is 0.250. The van der Waals surface area contributed by atoms with Crippen molar-refractivity contribution in [3.05, 3.63) is 59.4 Å². The zero-order valence-electron chi connectivity index (χ0n) is 12.4. The van der Waals surface area contributed by atoms with Gasteiger partial charge in [-0.25, -0.2) is 4.39 Å². The van der Waals surface area contributed by atoms with E-state index in [0.29, 0.717) is 16.1 Å². The highest BCUT2D eigenvalue weighted by atomic mass is 32.2. The van der Waals surface area contributed by atoms with Gasteiger partial charge in [-0.15, -0.1) is 0 Å².